The molecule has 1 unspecified atom stereocenters. The molecule has 2 aliphatic rings. The van der Waals surface area contributed by atoms with E-state index in [1.807, 2.05) is 23.1 Å². The van der Waals surface area contributed by atoms with Crippen molar-refractivity contribution in [1.82, 2.24) is 9.80 Å². The van der Waals surface area contributed by atoms with Crippen molar-refractivity contribution in [3.63, 3.8) is 0 Å². The molecule has 2 heterocycles. The lowest BCUT2D eigenvalue weighted by Crippen LogP contribution is -2.49. The molecule has 2 aliphatic heterocycles. The first-order valence-electron chi connectivity index (χ1n) is 9.40. The molecule has 2 aromatic carbocycles. The molecule has 1 amide bonds. The van der Waals surface area contributed by atoms with Crippen molar-refractivity contribution < 1.29 is 18.7 Å². The molecular weight excluding hydrogens is 373 g/mol. The Balaban J connectivity index is 1.34. The van der Waals surface area contributed by atoms with Crippen LogP contribution in [-0.2, 0) is 4.79 Å². The second kappa shape index (κ2) is 8.33. The number of carbonyl (C=O) groups is 1. The standard InChI is InChI=1S/C22H20FN3O3/c23-18-5-3-17(4-6-18)19(14-24)25-9-11-26(12-10-25)22(27)8-2-16-1-7-20-21(13-16)29-15-28-20/h1-8,13,19H,9-12,15H2/b8-2+. The number of benzene rings is 2. The van der Waals surface area contributed by atoms with Crippen molar-refractivity contribution in [2.24, 2.45) is 0 Å². The fourth-order valence-corrected chi connectivity index (χ4v) is 3.50. The van der Waals surface area contributed by atoms with Crippen LogP contribution in [0.1, 0.15) is 17.2 Å². The number of ether oxygens (including phenoxy) is 2. The third-order valence-electron chi connectivity index (χ3n) is 5.11. The van der Waals surface area contributed by atoms with Crippen molar-refractivity contribution in [3.8, 4) is 17.6 Å². The minimum Gasteiger partial charge on any atom is -0.454 e. The fourth-order valence-electron chi connectivity index (χ4n) is 3.50. The first-order chi connectivity index (χ1) is 14.1. The fraction of sp³-hybridized carbons (Fsp3) is 0.273. The van der Waals surface area contributed by atoms with E-state index in [1.165, 1.54) is 12.1 Å². The van der Waals surface area contributed by atoms with Crippen LogP contribution < -0.4 is 9.47 Å². The topological polar surface area (TPSA) is 65.8 Å². The Morgan fingerprint density at radius 2 is 1.79 bits per heavy atom. The predicted molar refractivity (Wildman–Crippen MR) is 105 cm³/mol. The van der Waals surface area contributed by atoms with Crippen molar-refractivity contribution in [2.75, 3.05) is 33.0 Å². The molecular formula is C22H20FN3O3. The summed E-state index contributed by atoms with van der Waals surface area (Å²) < 4.78 is 23.8. The Labute approximate surface area is 168 Å². The van der Waals surface area contributed by atoms with Gasteiger partial charge in [-0.3, -0.25) is 9.69 Å². The Morgan fingerprint density at radius 1 is 1.07 bits per heavy atom. The quantitative estimate of drug-likeness (QED) is 0.748. The van der Waals surface area contributed by atoms with Gasteiger partial charge in [-0.1, -0.05) is 18.2 Å². The summed E-state index contributed by atoms with van der Waals surface area (Å²) in [5.74, 6) is 0.988. The molecule has 2 aromatic rings. The van der Waals surface area contributed by atoms with Gasteiger partial charge in [0.05, 0.1) is 6.07 Å². The smallest absolute Gasteiger partial charge is 0.246 e. The number of hydrogen-bond acceptors (Lipinski definition) is 5. The predicted octanol–water partition coefficient (Wildman–Crippen LogP) is 2.98. The van der Waals surface area contributed by atoms with Crippen LogP contribution in [0.15, 0.2) is 48.5 Å². The molecule has 6 nitrogen and oxygen atoms in total. The SMILES string of the molecule is N#CC(c1ccc(F)cc1)N1CCN(C(=O)/C=C/c2ccc3c(c2)OCO3)CC1. The number of carbonyl (C=O) groups excluding carboxylic acids is 1. The van der Waals surface area contributed by atoms with Gasteiger partial charge in [0.15, 0.2) is 11.5 Å². The van der Waals surface area contributed by atoms with Gasteiger partial charge >= 0.3 is 0 Å². The number of amides is 1. The van der Waals surface area contributed by atoms with Gasteiger partial charge in [0.1, 0.15) is 11.9 Å². The molecule has 0 saturated carbocycles. The van der Waals surface area contributed by atoms with Crippen molar-refractivity contribution >= 4 is 12.0 Å². The number of nitriles is 1. The van der Waals surface area contributed by atoms with E-state index >= 15 is 0 Å². The molecule has 1 atom stereocenters. The normalized spacial score (nSPS) is 17.3. The van der Waals surface area contributed by atoms with Crippen LogP contribution in [0.2, 0.25) is 0 Å². The maximum Gasteiger partial charge on any atom is 0.246 e. The van der Waals surface area contributed by atoms with Crippen LogP contribution in [-0.4, -0.2) is 48.7 Å². The molecule has 7 heteroatoms. The van der Waals surface area contributed by atoms with Crippen molar-refractivity contribution in [1.29, 1.82) is 5.26 Å². The zero-order chi connectivity index (χ0) is 20.2. The minimum absolute atomic E-state index is 0.0717. The van der Waals surface area contributed by atoms with E-state index in [0.717, 1.165) is 11.1 Å². The van der Waals surface area contributed by atoms with E-state index in [-0.39, 0.29) is 18.5 Å². The number of piperazine rings is 1. The summed E-state index contributed by atoms with van der Waals surface area (Å²) in [6, 6.07) is 13.4. The number of halogens is 1. The highest BCUT2D eigenvalue weighted by molar-refractivity contribution is 5.92. The van der Waals surface area contributed by atoms with Gasteiger partial charge in [0.25, 0.3) is 0 Å². The number of fused-ring (bicyclic) bond motifs is 1. The lowest BCUT2D eigenvalue weighted by Gasteiger charge is -2.36. The molecule has 0 spiro atoms. The molecule has 0 bridgehead atoms. The zero-order valence-corrected chi connectivity index (χ0v) is 15.8. The van der Waals surface area contributed by atoms with Crippen LogP contribution in [0.25, 0.3) is 6.08 Å². The number of nitrogens with zero attached hydrogens (tertiary/aromatic N) is 3. The second-order valence-corrected chi connectivity index (χ2v) is 6.89. The molecule has 1 fully saturated rings. The molecule has 1 saturated heterocycles. The largest absolute Gasteiger partial charge is 0.454 e. The summed E-state index contributed by atoms with van der Waals surface area (Å²) in [5.41, 5.74) is 1.62. The van der Waals surface area contributed by atoms with E-state index in [1.54, 1.807) is 29.2 Å². The van der Waals surface area contributed by atoms with Gasteiger partial charge in [0, 0.05) is 32.3 Å². The van der Waals surface area contributed by atoms with Crippen molar-refractivity contribution in [3.05, 3.63) is 65.5 Å². The summed E-state index contributed by atoms with van der Waals surface area (Å²) in [7, 11) is 0. The van der Waals surface area contributed by atoms with Crippen LogP contribution in [0.4, 0.5) is 4.39 Å². The molecule has 0 aliphatic carbocycles. The zero-order valence-electron chi connectivity index (χ0n) is 15.8. The molecule has 29 heavy (non-hydrogen) atoms. The lowest BCUT2D eigenvalue weighted by atomic mass is 10.1. The molecule has 4 rings (SSSR count). The van der Waals surface area contributed by atoms with Crippen LogP contribution in [0, 0.1) is 17.1 Å². The first-order valence-corrected chi connectivity index (χ1v) is 9.40. The van der Waals surface area contributed by atoms with Gasteiger partial charge in [0.2, 0.25) is 12.7 Å². The summed E-state index contributed by atoms with van der Waals surface area (Å²) in [4.78, 5) is 16.3. The lowest BCUT2D eigenvalue weighted by molar-refractivity contribution is -0.127. The van der Waals surface area contributed by atoms with Crippen LogP contribution >= 0.6 is 0 Å². The maximum absolute atomic E-state index is 13.1. The van der Waals surface area contributed by atoms with E-state index in [4.69, 9.17) is 9.47 Å². The first kappa shape index (κ1) is 19.0. The monoisotopic (exact) mass is 393 g/mol. The average molecular weight is 393 g/mol. The third kappa shape index (κ3) is 4.23. The Kier molecular flexibility index (Phi) is 5.45. The number of hydrogen-bond donors (Lipinski definition) is 0. The van der Waals surface area contributed by atoms with Gasteiger partial charge in [-0.15, -0.1) is 0 Å². The molecule has 0 aromatic heterocycles. The highest BCUT2D eigenvalue weighted by Crippen LogP contribution is 2.32. The summed E-state index contributed by atoms with van der Waals surface area (Å²) in [6.45, 7) is 2.44. The molecule has 0 N–H and O–H groups in total. The Hall–Kier alpha value is -3.37. The second-order valence-electron chi connectivity index (χ2n) is 6.89. The minimum atomic E-state index is -0.447. The summed E-state index contributed by atoms with van der Waals surface area (Å²) in [5, 5.41) is 9.56. The van der Waals surface area contributed by atoms with Gasteiger partial charge < -0.3 is 14.4 Å². The van der Waals surface area contributed by atoms with E-state index in [9.17, 15) is 14.4 Å². The van der Waals surface area contributed by atoms with E-state index < -0.39 is 6.04 Å². The maximum atomic E-state index is 13.1. The summed E-state index contributed by atoms with van der Waals surface area (Å²) in [6.07, 6.45) is 3.31. The third-order valence-corrected chi connectivity index (χ3v) is 5.11. The van der Waals surface area contributed by atoms with Crippen molar-refractivity contribution in [2.45, 2.75) is 6.04 Å². The highest BCUT2D eigenvalue weighted by atomic mass is 19.1. The van der Waals surface area contributed by atoms with Gasteiger partial charge in [-0.25, -0.2) is 4.39 Å². The molecule has 148 valence electrons. The van der Waals surface area contributed by atoms with Gasteiger partial charge in [-0.2, -0.15) is 5.26 Å². The Bertz CT molecular complexity index is 960. The van der Waals surface area contributed by atoms with E-state index in [2.05, 4.69) is 6.07 Å². The van der Waals surface area contributed by atoms with Gasteiger partial charge in [-0.05, 0) is 41.5 Å². The number of rotatable bonds is 4. The van der Waals surface area contributed by atoms with E-state index in [0.29, 0.717) is 37.7 Å². The molecule has 0 radical (unpaired) electrons. The summed E-state index contributed by atoms with van der Waals surface area (Å²) >= 11 is 0. The van der Waals surface area contributed by atoms with Crippen LogP contribution in [0.5, 0.6) is 11.5 Å². The average Bonchev–Trinajstić information content (AvgIpc) is 3.22. The van der Waals surface area contributed by atoms with Crippen LogP contribution in [0.3, 0.4) is 0 Å². The Morgan fingerprint density at radius 3 is 2.52 bits per heavy atom. The highest BCUT2D eigenvalue weighted by Gasteiger charge is 2.26.